The minimum atomic E-state index is -5.00. The normalized spacial score (nSPS) is 15.0. The predicted octanol–water partition coefficient (Wildman–Crippen LogP) is 6.20. The van der Waals surface area contributed by atoms with Crippen LogP contribution in [-0.2, 0) is 21.9 Å². The highest BCUT2D eigenvalue weighted by Crippen LogP contribution is 2.40. The Morgan fingerprint density at radius 2 is 1.62 bits per heavy atom. The Labute approximate surface area is 245 Å². The maximum absolute atomic E-state index is 13.2. The molecular formula is C25H15F6N3O5S3. The summed E-state index contributed by atoms with van der Waals surface area (Å²) >= 11 is 6.99. The highest BCUT2D eigenvalue weighted by atomic mass is 32.2. The number of amides is 2. The number of aromatic hydroxyl groups is 1. The molecule has 4 N–H and O–H groups in total. The van der Waals surface area contributed by atoms with Crippen molar-refractivity contribution in [3.05, 3.63) is 74.3 Å². The van der Waals surface area contributed by atoms with E-state index in [4.69, 9.17) is 17.3 Å². The third-order valence-electron chi connectivity index (χ3n) is 5.52. The largest absolute Gasteiger partial charge is 0.507 e. The number of halogens is 6. The number of rotatable bonds is 7. The second-order valence-electron chi connectivity index (χ2n) is 8.47. The fourth-order valence-electron chi connectivity index (χ4n) is 3.58. The van der Waals surface area contributed by atoms with Gasteiger partial charge in [-0.25, -0.2) is 15.2 Å². The average molecular weight is 648 g/mol. The summed E-state index contributed by atoms with van der Waals surface area (Å²) in [7, 11) is 0. The van der Waals surface area contributed by atoms with Crippen LogP contribution in [0.25, 0.3) is 17.2 Å². The Kier molecular flexibility index (Phi) is 8.68. The molecule has 1 saturated heterocycles. The van der Waals surface area contributed by atoms with Crippen molar-refractivity contribution in [3.8, 4) is 16.9 Å². The third-order valence-corrected chi connectivity index (χ3v) is 7.70. The Bertz CT molecular complexity index is 1600. The van der Waals surface area contributed by atoms with E-state index < -0.39 is 53.6 Å². The summed E-state index contributed by atoms with van der Waals surface area (Å²) in [5.41, 5.74) is -0.876. The van der Waals surface area contributed by atoms with E-state index in [-0.39, 0.29) is 37.7 Å². The van der Waals surface area contributed by atoms with Gasteiger partial charge in [0.05, 0.1) is 22.6 Å². The lowest BCUT2D eigenvalue weighted by molar-refractivity contribution is -0.143. The van der Waals surface area contributed by atoms with Crippen molar-refractivity contribution in [1.82, 2.24) is 10.4 Å². The molecule has 0 radical (unpaired) electrons. The molecule has 0 spiro atoms. The second-order valence-corrected chi connectivity index (χ2v) is 11.1. The van der Waals surface area contributed by atoms with Gasteiger partial charge in [-0.1, -0.05) is 24.0 Å². The maximum Gasteiger partial charge on any atom is 0.416 e. The van der Waals surface area contributed by atoms with Crippen molar-refractivity contribution in [2.75, 3.05) is 11.9 Å². The first-order valence-electron chi connectivity index (χ1n) is 11.3. The van der Waals surface area contributed by atoms with Crippen molar-refractivity contribution < 1.29 is 50.9 Å². The number of carboxylic acids is 1. The molecule has 42 heavy (non-hydrogen) atoms. The molecular weight excluding hydrogens is 632 g/mol. The molecule has 0 aliphatic carbocycles. The van der Waals surface area contributed by atoms with Gasteiger partial charge in [0.15, 0.2) is 4.32 Å². The second kappa shape index (κ2) is 11.7. The van der Waals surface area contributed by atoms with Gasteiger partial charge in [0.25, 0.3) is 5.91 Å². The molecule has 0 unspecified atom stereocenters. The minimum absolute atomic E-state index is 0.0204. The van der Waals surface area contributed by atoms with Crippen LogP contribution < -0.4 is 10.7 Å². The molecule has 8 nitrogen and oxygen atoms in total. The van der Waals surface area contributed by atoms with E-state index >= 15 is 0 Å². The molecule has 4 rings (SSSR count). The third kappa shape index (κ3) is 7.10. The number of benzene rings is 2. The van der Waals surface area contributed by atoms with Gasteiger partial charge in [-0.05, 0) is 59.0 Å². The van der Waals surface area contributed by atoms with Gasteiger partial charge in [-0.15, -0.1) is 11.3 Å². The van der Waals surface area contributed by atoms with E-state index in [0.29, 0.717) is 17.0 Å². The lowest BCUT2D eigenvalue weighted by atomic mass is 10.0. The number of phenols is 1. The molecule has 2 aromatic carbocycles. The first-order valence-corrected chi connectivity index (χ1v) is 13.4. The monoisotopic (exact) mass is 647 g/mol. The van der Waals surface area contributed by atoms with Crippen LogP contribution in [0.5, 0.6) is 5.75 Å². The van der Waals surface area contributed by atoms with Crippen LogP contribution in [0.1, 0.15) is 26.4 Å². The van der Waals surface area contributed by atoms with Crippen LogP contribution >= 0.6 is 35.3 Å². The summed E-state index contributed by atoms with van der Waals surface area (Å²) in [5, 5.41) is 23.3. The SMILES string of the molecule is O=C(CNN1C(=O)/C(=C/c2cc(-c3cc(C(F)(F)F)cc(C(F)(F)F)c3)cs2)SC1=S)Nc1ccc(C(=O)O)c(O)c1. The van der Waals surface area contributed by atoms with Gasteiger partial charge in [0.2, 0.25) is 5.91 Å². The zero-order valence-electron chi connectivity index (χ0n) is 20.5. The zero-order chi connectivity index (χ0) is 31.0. The fraction of sp³-hybridized carbons (Fsp3) is 0.120. The molecule has 1 aliphatic heterocycles. The molecule has 17 heteroatoms. The van der Waals surface area contributed by atoms with Crippen molar-refractivity contribution in [3.63, 3.8) is 0 Å². The zero-order valence-corrected chi connectivity index (χ0v) is 22.9. The van der Waals surface area contributed by atoms with Crippen molar-refractivity contribution >= 4 is 69.2 Å². The quantitative estimate of drug-likeness (QED) is 0.136. The van der Waals surface area contributed by atoms with Gasteiger partial charge in [-0.3, -0.25) is 9.59 Å². The van der Waals surface area contributed by atoms with E-state index in [0.717, 1.165) is 40.2 Å². The number of carbonyl (C=O) groups is 3. The number of carboxylic acid groups (broad SMARTS) is 1. The lowest BCUT2D eigenvalue weighted by Crippen LogP contribution is -2.44. The number of anilines is 1. The summed E-state index contributed by atoms with van der Waals surface area (Å²) in [6.07, 6.45) is -8.64. The van der Waals surface area contributed by atoms with Crippen molar-refractivity contribution in [2.45, 2.75) is 12.4 Å². The molecule has 3 aromatic rings. The Hall–Kier alpha value is -3.93. The molecule has 0 atom stereocenters. The molecule has 1 aliphatic rings. The van der Waals surface area contributed by atoms with Gasteiger partial charge in [0, 0.05) is 16.6 Å². The number of carbonyl (C=O) groups excluding carboxylic acids is 2. The number of hydrogen-bond donors (Lipinski definition) is 4. The molecule has 0 saturated carbocycles. The highest BCUT2D eigenvalue weighted by molar-refractivity contribution is 8.26. The van der Waals surface area contributed by atoms with Crippen LogP contribution in [0, 0.1) is 0 Å². The van der Waals surface area contributed by atoms with Crippen LogP contribution in [0.3, 0.4) is 0 Å². The fourth-order valence-corrected chi connectivity index (χ4v) is 5.71. The number of thioether (sulfide) groups is 1. The lowest BCUT2D eigenvalue weighted by Gasteiger charge is -2.15. The first-order chi connectivity index (χ1) is 19.5. The Balaban J connectivity index is 1.45. The standard InChI is InChI=1S/C25H15F6N3O5S3/c26-24(27,28)13-3-11(4-14(6-13)25(29,30)31)12-5-16(41-10-12)8-19-21(37)34(23(40)42-19)32-9-20(36)33-15-1-2-17(22(38)39)18(35)7-15/h1-8,10,32,35H,9H2,(H,33,36)(H,38,39)/b19-8-. The van der Waals surface area contributed by atoms with E-state index in [1.807, 2.05) is 0 Å². The van der Waals surface area contributed by atoms with E-state index in [9.17, 15) is 45.8 Å². The molecule has 2 heterocycles. The summed E-state index contributed by atoms with van der Waals surface area (Å²) in [5.74, 6) is -3.26. The number of alkyl halides is 6. The summed E-state index contributed by atoms with van der Waals surface area (Å²) in [6, 6.07) is 5.96. The van der Waals surface area contributed by atoms with Crippen molar-refractivity contribution in [2.24, 2.45) is 0 Å². The number of hydrazine groups is 1. The summed E-state index contributed by atoms with van der Waals surface area (Å²) in [6.45, 7) is -0.457. The maximum atomic E-state index is 13.2. The van der Waals surface area contributed by atoms with E-state index in [1.165, 1.54) is 23.6 Å². The average Bonchev–Trinajstić information content (AvgIpc) is 3.45. The summed E-state index contributed by atoms with van der Waals surface area (Å²) in [4.78, 5) is 36.5. The number of thiocarbonyl (C=S) groups is 1. The number of nitrogens with one attached hydrogen (secondary N) is 2. The van der Waals surface area contributed by atoms with Gasteiger partial charge in [0.1, 0.15) is 11.3 Å². The highest BCUT2D eigenvalue weighted by Gasteiger charge is 2.37. The van der Waals surface area contributed by atoms with Crippen molar-refractivity contribution in [1.29, 1.82) is 0 Å². The predicted molar refractivity (Wildman–Crippen MR) is 146 cm³/mol. The molecule has 1 fully saturated rings. The van der Waals surface area contributed by atoms with Crippen LogP contribution in [0.2, 0.25) is 0 Å². The number of hydrogen-bond acceptors (Lipinski definition) is 8. The van der Waals surface area contributed by atoms with E-state index in [2.05, 4.69) is 10.7 Å². The topological polar surface area (TPSA) is 119 Å². The van der Waals surface area contributed by atoms with Gasteiger partial charge < -0.3 is 15.5 Å². The van der Waals surface area contributed by atoms with E-state index in [1.54, 1.807) is 0 Å². The molecule has 220 valence electrons. The molecule has 1 aromatic heterocycles. The molecule has 0 bridgehead atoms. The first kappa shape index (κ1) is 31.0. The molecule has 2 amide bonds. The van der Waals surface area contributed by atoms with Crippen LogP contribution in [-0.4, -0.2) is 43.9 Å². The van der Waals surface area contributed by atoms with Gasteiger partial charge in [-0.2, -0.15) is 26.3 Å². The van der Waals surface area contributed by atoms with Crippen LogP contribution in [0.15, 0.2) is 52.7 Å². The number of nitrogens with zero attached hydrogens (tertiary/aromatic N) is 1. The van der Waals surface area contributed by atoms with Gasteiger partial charge >= 0.3 is 18.3 Å². The number of thiophene rings is 1. The smallest absolute Gasteiger partial charge is 0.416 e. The Morgan fingerprint density at radius 3 is 2.19 bits per heavy atom. The summed E-state index contributed by atoms with van der Waals surface area (Å²) < 4.78 is 79.4. The Morgan fingerprint density at radius 1 is 0.976 bits per heavy atom. The van der Waals surface area contributed by atoms with Crippen LogP contribution in [0.4, 0.5) is 32.0 Å². The number of aromatic carboxylic acids is 1. The minimum Gasteiger partial charge on any atom is -0.507 e.